The maximum atomic E-state index is 12.8. The van der Waals surface area contributed by atoms with Crippen molar-refractivity contribution in [3.63, 3.8) is 0 Å². The van der Waals surface area contributed by atoms with E-state index in [0.29, 0.717) is 12.8 Å². The summed E-state index contributed by atoms with van der Waals surface area (Å²) in [7, 11) is 2.25. The van der Waals surface area contributed by atoms with Gasteiger partial charge in [0.15, 0.2) is 11.5 Å². The number of likely N-dealkylation sites (tertiary alicyclic amines) is 1. The summed E-state index contributed by atoms with van der Waals surface area (Å²) in [5.74, 6) is -1.38. The van der Waals surface area contributed by atoms with Crippen molar-refractivity contribution in [3.05, 3.63) is 23.8 Å². The number of benzene rings is 1. The van der Waals surface area contributed by atoms with Gasteiger partial charge in [-0.3, -0.25) is 14.4 Å². The van der Waals surface area contributed by atoms with Gasteiger partial charge in [0.05, 0.1) is 25.7 Å². The highest BCUT2D eigenvalue weighted by Gasteiger charge is 2.43. The van der Waals surface area contributed by atoms with Crippen molar-refractivity contribution in [1.82, 2.24) is 0 Å². The number of ether oxygens (including phenoxy) is 3. The number of nitrogens with zero attached hydrogens (tertiary/aromatic N) is 1. The van der Waals surface area contributed by atoms with Gasteiger partial charge in [0.2, 0.25) is 0 Å². The van der Waals surface area contributed by atoms with Crippen molar-refractivity contribution in [2.45, 2.75) is 142 Å². The molecule has 0 N–H and O–H groups in total. The van der Waals surface area contributed by atoms with E-state index in [0.717, 1.165) is 68.0 Å². The molecule has 0 radical (unpaired) electrons. The third-order valence-corrected chi connectivity index (χ3v) is 10.3. The summed E-state index contributed by atoms with van der Waals surface area (Å²) in [4.78, 5) is 47.6. The molecule has 11 heteroatoms. The van der Waals surface area contributed by atoms with E-state index in [4.69, 9.17) is 14.2 Å². The van der Waals surface area contributed by atoms with Gasteiger partial charge in [-0.1, -0.05) is 32.8 Å². The zero-order valence-corrected chi connectivity index (χ0v) is 31.7. The van der Waals surface area contributed by atoms with Crippen molar-refractivity contribution in [2.75, 3.05) is 13.6 Å². The molecule has 1 saturated heterocycles. The van der Waals surface area contributed by atoms with Crippen LogP contribution < -0.4 is 14.6 Å². The Morgan fingerprint density at radius 2 is 1.39 bits per heavy atom. The van der Waals surface area contributed by atoms with E-state index in [1.54, 1.807) is 26.0 Å². The molecule has 1 aliphatic carbocycles. The number of aliphatic carboxylic acids is 1. The fourth-order valence-corrected chi connectivity index (χ4v) is 7.15. The highest BCUT2D eigenvalue weighted by molar-refractivity contribution is 8.93. The summed E-state index contributed by atoms with van der Waals surface area (Å²) in [6.07, 6.45) is 11.1. The lowest BCUT2D eigenvalue weighted by molar-refractivity contribution is -0.958. The number of hydrogen-bond acceptors (Lipinski definition) is 8. The minimum Gasteiger partial charge on any atom is -0.550 e. The normalized spacial score (nSPS) is 23.4. The van der Waals surface area contributed by atoms with Crippen LogP contribution >= 0.6 is 34.0 Å². The molecule has 2 fully saturated rings. The minimum absolute atomic E-state index is 0. The minimum atomic E-state index is -0.985. The third kappa shape index (κ3) is 12.2. The quantitative estimate of drug-likeness (QED) is 0.105. The predicted octanol–water partition coefficient (Wildman–Crippen LogP) is 6.60. The highest BCUT2D eigenvalue weighted by Crippen LogP contribution is 2.46. The van der Waals surface area contributed by atoms with Crippen LogP contribution in [0, 0.1) is 5.41 Å². The molecule has 1 aromatic rings. The Morgan fingerprint density at radius 3 is 1.93 bits per heavy atom. The first-order valence-corrected chi connectivity index (χ1v) is 16.7. The maximum absolute atomic E-state index is 12.8. The topological polar surface area (TPSA) is 119 Å². The first kappa shape index (κ1) is 42.0. The number of carbonyl (C=O) groups excluding carboxylic acids is 4. The molecule has 2 aliphatic rings. The summed E-state index contributed by atoms with van der Waals surface area (Å²) < 4.78 is 17.7. The van der Waals surface area contributed by atoms with Crippen LogP contribution in [0.5, 0.6) is 11.5 Å². The zero-order chi connectivity index (χ0) is 32.3. The SMILES string of the molecule is Br.Br.CCC(=O)Oc1ccc(CC[N+]2(C)C(C)CC(OC(=O)CCCC3(CCCC(=O)[O-])CCCC3)CC2C)cc1OC(=O)CC. The van der Waals surface area contributed by atoms with Crippen LogP contribution in [0.4, 0.5) is 0 Å². The van der Waals surface area contributed by atoms with Gasteiger partial charge in [-0.05, 0) is 81.9 Å². The first-order valence-electron chi connectivity index (χ1n) is 16.7. The van der Waals surface area contributed by atoms with E-state index >= 15 is 0 Å². The molecule has 0 bridgehead atoms. The summed E-state index contributed by atoms with van der Waals surface area (Å²) in [6, 6.07) is 5.97. The van der Waals surface area contributed by atoms with Crippen LogP contribution in [-0.4, -0.2) is 60.1 Å². The molecule has 262 valence electrons. The number of likely N-dealkylation sites (N-methyl/N-ethyl adjacent to an activating group) is 1. The molecular weight excluding hydrogens is 722 g/mol. The molecule has 2 atom stereocenters. The van der Waals surface area contributed by atoms with Crippen molar-refractivity contribution < 1.29 is 43.0 Å². The number of carboxylic acid groups (broad SMARTS) is 1. The lowest BCUT2D eigenvalue weighted by Crippen LogP contribution is -2.62. The molecule has 0 aromatic heterocycles. The molecule has 0 spiro atoms. The number of rotatable bonds is 16. The Bertz CT molecular complexity index is 1140. The van der Waals surface area contributed by atoms with E-state index in [9.17, 15) is 24.3 Å². The van der Waals surface area contributed by atoms with Crippen LogP contribution in [0.15, 0.2) is 18.2 Å². The van der Waals surface area contributed by atoms with Gasteiger partial charge in [0, 0.05) is 44.5 Å². The van der Waals surface area contributed by atoms with Gasteiger partial charge < -0.3 is 28.6 Å². The monoisotopic (exact) mass is 775 g/mol. The van der Waals surface area contributed by atoms with Crippen LogP contribution in [0.3, 0.4) is 0 Å². The lowest BCUT2D eigenvalue weighted by atomic mass is 9.77. The zero-order valence-electron chi connectivity index (χ0n) is 28.3. The Kier molecular flexibility index (Phi) is 18.0. The summed E-state index contributed by atoms with van der Waals surface area (Å²) in [5.41, 5.74) is 1.16. The fourth-order valence-electron chi connectivity index (χ4n) is 7.15. The molecule has 1 saturated carbocycles. The number of halogens is 2. The van der Waals surface area contributed by atoms with Gasteiger partial charge in [-0.25, -0.2) is 0 Å². The van der Waals surface area contributed by atoms with Gasteiger partial charge in [0.25, 0.3) is 0 Å². The van der Waals surface area contributed by atoms with Gasteiger partial charge in [0.1, 0.15) is 6.10 Å². The second kappa shape index (κ2) is 19.7. The fraction of sp³-hybridized carbons (Fsp3) is 0.714. The second-order valence-electron chi connectivity index (χ2n) is 13.3. The molecule has 2 unspecified atom stereocenters. The molecule has 9 nitrogen and oxygen atoms in total. The van der Waals surface area contributed by atoms with Crippen LogP contribution in [0.2, 0.25) is 0 Å². The second-order valence-corrected chi connectivity index (χ2v) is 13.3. The number of quaternary nitrogens is 1. The van der Waals surface area contributed by atoms with E-state index in [-0.39, 0.29) is 106 Å². The van der Waals surface area contributed by atoms with Crippen molar-refractivity contribution in [3.8, 4) is 11.5 Å². The standard InChI is InChI=1S/C35H53NO8.2BrH/c1-6-32(39)43-29-15-14-27(24-30(29)44-33(40)7-2)16-21-36(5)25(3)22-28(23-26(36)4)42-34(41)13-11-20-35(17-8-9-18-35)19-10-12-31(37)38;;/h14-15,24-26,28H,6-13,16-23H2,1-5H3;2*1H. The Morgan fingerprint density at radius 1 is 0.848 bits per heavy atom. The van der Waals surface area contributed by atoms with Crippen LogP contribution in [0.1, 0.15) is 123 Å². The Hall–Kier alpha value is -1.98. The average molecular weight is 778 g/mol. The maximum Gasteiger partial charge on any atom is 0.311 e. The summed E-state index contributed by atoms with van der Waals surface area (Å²) in [6.45, 7) is 8.72. The number of carbonyl (C=O) groups is 4. The molecule has 0 amide bonds. The third-order valence-electron chi connectivity index (χ3n) is 10.3. The lowest BCUT2D eigenvalue weighted by Gasteiger charge is -2.50. The van der Waals surface area contributed by atoms with Crippen LogP contribution in [0.25, 0.3) is 0 Å². The first-order chi connectivity index (χ1) is 20.9. The largest absolute Gasteiger partial charge is 0.550 e. The number of hydrogen-bond donors (Lipinski definition) is 0. The average Bonchev–Trinajstić information content (AvgIpc) is 3.44. The van der Waals surface area contributed by atoms with Crippen molar-refractivity contribution >= 4 is 57.8 Å². The summed E-state index contributed by atoms with van der Waals surface area (Å²) in [5, 5.41) is 10.9. The molecular formula is C35H55Br2NO8. The predicted molar refractivity (Wildman–Crippen MR) is 185 cm³/mol. The molecule has 1 heterocycles. The summed E-state index contributed by atoms with van der Waals surface area (Å²) >= 11 is 0. The smallest absolute Gasteiger partial charge is 0.311 e. The molecule has 46 heavy (non-hydrogen) atoms. The van der Waals surface area contributed by atoms with Crippen molar-refractivity contribution in [1.29, 1.82) is 0 Å². The number of carboxylic acids is 1. The number of esters is 3. The highest BCUT2D eigenvalue weighted by atomic mass is 79.9. The van der Waals surface area contributed by atoms with Gasteiger partial charge >= 0.3 is 17.9 Å². The molecule has 1 aliphatic heterocycles. The van der Waals surface area contributed by atoms with Gasteiger partial charge in [-0.2, -0.15) is 0 Å². The van der Waals surface area contributed by atoms with E-state index < -0.39 is 5.97 Å². The van der Waals surface area contributed by atoms with Gasteiger partial charge in [-0.15, -0.1) is 34.0 Å². The van der Waals surface area contributed by atoms with Crippen LogP contribution in [-0.2, 0) is 30.3 Å². The van der Waals surface area contributed by atoms with Crippen molar-refractivity contribution in [2.24, 2.45) is 5.41 Å². The van der Waals surface area contributed by atoms with E-state index in [1.165, 1.54) is 12.8 Å². The molecule has 1 aromatic carbocycles. The number of piperidine rings is 1. The van der Waals surface area contributed by atoms with E-state index in [2.05, 4.69) is 20.9 Å². The Labute approximate surface area is 296 Å². The van der Waals surface area contributed by atoms with E-state index in [1.807, 2.05) is 6.07 Å². The molecule has 3 rings (SSSR count). The Balaban J connectivity index is 0.00000529.